The average Bonchev–Trinajstić information content (AvgIpc) is 2.92. The van der Waals surface area contributed by atoms with Crippen LogP contribution in [-0.2, 0) is 21.4 Å². The molecule has 0 saturated carbocycles. The number of ether oxygens (including phenoxy) is 1. The Morgan fingerprint density at radius 3 is 2.65 bits per heavy atom. The number of thiophene rings is 1. The molecule has 2 nitrogen and oxygen atoms in total. The number of hydrogen-bond donors (Lipinski definition) is 0. The smallest absolute Gasteiger partial charge is 0.316 e. The third kappa shape index (κ3) is 2.90. The Kier molecular flexibility index (Phi) is 4.55. The van der Waals surface area contributed by atoms with Crippen molar-refractivity contribution in [1.29, 1.82) is 0 Å². The standard InChI is InChI=1S/C16H17FO2S/c1-3-19-15(18)16(2,11-12-7-6-10-20-12)13-8-4-5-9-14(13)17/h4-10H,3,11H2,1-2H3. The molecule has 1 aromatic carbocycles. The van der Waals surface area contributed by atoms with E-state index in [0.717, 1.165) is 4.88 Å². The van der Waals surface area contributed by atoms with Gasteiger partial charge in [-0.2, -0.15) is 0 Å². The largest absolute Gasteiger partial charge is 0.465 e. The van der Waals surface area contributed by atoms with Crippen molar-refractivity contribution in [3.8, 4) is 0 Å². The third-order valence-electron chi connectivity index (χ3n) is 3.30. The van der Waals surface area contributed by atoms with E-state index < -0.39 is 11.4 Å². The summed E-state index contributed by atoms with van der Waals surface area (Å²) in [6, 6.07) is 10.3. The van der Waals surface area contributed by atoms with Crippen LogP contribution >= 0.6 is 11.3 Å². The molecule has 1 atom stereocenters. The van der Waals surface area contributed by atoms with E-state index in [1.165, 1.54) is 6.07 Å². The highest BCUT2D eigenvalue weighted by Crippen LogP contribution is 2.33. The van der Waals surface area contributed by atoms with E-state index in [1.54, 1.807) is 43.4 Å². The van der Waals surface area contributed by atoms with Gasteiger partial charge in [0.15, 0.2) is 0 Å². The zero-order chi connectivity index (χ0) is 14.6. The first-order valence-electron chi connectivity index (χ1n) is 6.52. The minimum atomic E-state index is -1.01. The topological polar surface area (TPSA) is 26.3 Å². The molecule has 0 saturated heterocycles. The molecule has 0 aliphatic rings. The zero-order valence-electron chi connectivity index (χ0n) is 11.6. The molecule has 4 heteroatoms. The number of carbonyl (C=O) groups is 1. The van der Waals surface area contributed by atoms with Gasteiger partial charge in [0.25, 0.3) is 0 Å². The second-order valence-corrected chi connectivity index (χ2v) is 5.82. The van der Waals surface area contributed by atoms with Crippen molar-refractivity contribution in [1.82, 2.24) is 0 Å². The molecule has 2 aromatic rings. The van der Waals surface area contributed by atoms with Crippen molar-refractivity contribution < 1.29 is 13.9 Å². The quantitative estimate of drug-likeness (QED) is 0.780. The van der Waals surface area contributed by atoms with E-state index in [1.807, 2.05) is 17.5 Å². The fourth-order valence-corrected chi connectivity index (χ4v) is 3.10. The number of rotatable bonds is 5. The Labute approximate surface area is 122 Å². The Bertz CT molecular complexity index is 580. The van der Waals surface area contributed by atoms with Crippen LogP contribution in [0.15, 0.2) is 41.8 Å². The molecule has 0 amide bonds. The van der Waals surface area contributed by atoms with Gasteiger partial charge in [-0.3, -0.25) is 4.79 Å². The summed E-state index contributed by atoms with van der Waals surface area (Å²) in [5.74, 6) is -0.766. The van der Waals surface area contributed by atoms with Gasteiger partial charge < -0.3 is 4.74 Å². The Morgan fingerprint density at radius 2 is 2.05 bits per heavy atom. The predicted octanol–water partition coefficient (Wildman–Crippen LogP) is 3.95. The van der Waals surface area contributed by atoms with E-state index in [-0.39, 0.29) is 12.4 Å². The van der Waals surface area contributed by atoms with E-state index >= 15 is 0 Å². The summed E-state index contributed by atoms with van der Waals surface area (Å²) in [6.45, 7) is 3.78. The van der Waals surface area contributed by atoms with E-state index in [9.17, 15) is 9.18 Å². The highest BCUT2D eigenvalue weighted by Gasteiger charge is 2.39. The summed E-state index contributed by atoms with van der Waals surface area (Å²) in [7, 11) is 0. The second-order valence-electron chi connectivity index (χ2n) is 4.79. The molecular weight excluding hydrogens is 275 g/mol. The van der Waals surface area contributed by atoms with Gasteiger partial charge in [-0.15, -0.1) is 11.3 Å². The lowest BCUT2D eigenvalue weighted by Crippen LogP contribution is -2.37. The highest BCUT2D eigenvalue weighted by molar-refractivity contribution is 7.09. The molecule has 0 aliphatic heterocycles. The summed E-state index contributed by atoms with van der Waals surface area (Å²) in [5.41, 5.74) is -0.626. The van der Waals surface area contributed by atoms with Gasteiger partial charge in [-0.1, -0.05) is 24.3 Å². The van der Waals surface area contributed by atoms with Gasteiger partial charge in [0.2, 0.25) is 0 Å². The molecule has 1 aromatic heterocycles. The normalized spacial score (nSPS) is 13.8. The van der Waals surface area contributed by atoms with Crippen molar-refractivity contribution in [3.63, 3.8) is 0 Å². The van der Waals surface area contributed by atoms with E-state index in [2.05, 4.69) is 0 Å². The zero-order valence-corrected chi connectivity index (χ0v) is 12.4. The van der Waals surface area contributed by atoms with Gasteiger partial charge in [-0.05, 0) is 31.4 Å². The highest BCUT2D eigenvalue weighted by atomic mass is 32.1. The molecule has 0 spiro atoms. The summed E-state index contributed by atoms with van der Waals surface area (Å²) < 4.78 is 19.3. The molecular formula is C16H17FO2S. The SMILES string of the molecule is CCOC(=O)C(C)(Cc1cccs1)c1ccccc1F. The Morgan fingerprint density at radius 1 is 1.30 bits per heavy atom. The van der Waals surface area contributed by atoms with Gasteiger partial charge >= 0.3 is 5.97 Å². The predicted molar refractivity (Wildman–Crippen MR) is 78.4 cm³/mol. The molecule has 106 valence electrons. The van der Waals surface area contributed by atoms with Crippen LogP contribution in [0.1, 0.15) is 24.3 Å². The molecule has 1 unspecified atom stereocenters. The molecule has 2 rings (SSSR count). The molecule has 0 bridgehead atoms. The fourth-order valence-electron chi connectivity index (χ4n) is 2.24. The monoisotopic (exact) mass is 292 g/mol. The summed E-state index contributed by atoms with van der Waals surface area (Å²) in [5, 5.41) is 1.95. The maximum Gasteiger partial charge on any atom is 0.316 e. The second kappa shape index (κ2) is 6.18. The van der Waals surface area contributed by atoms with Crippen LogP contribution in [0.25, 0.3) is 0 Å². The minimum absolute atomic E-state index is 0.285. The maximum absolute atomic E-state index is 14.1. The van der Waals surface area contributed by atoms with Gasteiger partial charge in [-0.25, -0.2) is 4.39 Å². The van der Waals surface area contributed by atoms with Crippen LogP contribution in [0.3, 0.4) is 0 Å². The molecule has 20 heavy (non-hydrogen) atoms. The van der Waals surface area contributed by atoms with Crippen molar-refractivity contribution in [2.45, 2.75) is 25.7 Å². The third-order valence-corrected chi connectivity index (χ3v) is 4.18. The summed E-state index contributed by atoms with van der Waals surface area (Å²) in [6.07, 6.45) is 0.435. The van der Waals surface area contributed by atoms with Crippen molar-refractivity contribution in [2.75, 3.05) is 6.61 Å². The molecule has 0 fully saturated rings. The molecule has 0 aliphatic carbocycles. The molecule has 0 radical (unpaired) electrons. The number of esters is 1. The van der Waals surface area contributed by atoms with Crippen LogP contribution in [0.4, 0.5) is 4.39 Å². The number of benzene rings is 1. The Hall–Kier alpha value is -1.68. The maximum atomic E-state index is 14.1. The average molecular weight is 292 g/mol. The van der Waals surface area contributed by atoms with Crippen LogP contribution in [0.2, 0.25) is 0 Å². The first kappa shape index (κ1) is 14.7. The molecule has 0 N–H and O–H groups in total. The Balaban J connectivity index is 2.43. The van der Waals surface area contributed by atoms with Crippen molar-refractivity contribution in [2.24, 2.45) is 0 Å². The lowest BCUT2D eigenvalue weighted by molar-refractivity contribution is -0.149. The number of hydrogen-bond acceptors (Lipinski definition) is 3. The van der Waals surface area contributed by atoms with Crippen molar-refractivity contribution in [3.05, 3.63) is 58.0 Å². The summed E-state index contributed by atoms with van der Waals surface area (Å²) >= 11 is 1.56. The van der Waals surface area contributed by atoms with Crippen molar-refractivity contribution >= 4 is 17.3 Å². The first-order chi connectivity index (χ1) is 9.58. The fraction of sp³-hybridized carbons (Fsp3) is 0.312. The van der Waals surface area contributed by atoms with Gasteiger partial charge in [0, 0.05) is 16.9 Å². The minimum Gasteiger partial charge on any atom is -0.465 e. The number of halogens is 1. The lowest BCUT2D eigenvalue weighted by Gasteiger charge is -2.27. The van der Waals surface area contributed by atoms with E-state index in [0.29, 0.717) is 12.0 Å². The van der Waals surface area contributed by atoms with Crippen LogP contribution in [0.5, 0.6) is 0 Å². The number of carbonyl (C=O) groups excluding carboxylic acids is 1. The van der Waals surface area contributed by atoms with Gasteiger partial charge in [0.1, 0.15) is 5.82 Å². The van der Waals surface area contributed by atoms with Crippen LogP contribution in [0, 0.1) is 5.82 Å². The summed E-state index contributed by atoms with van der Waals surface area (Å²) in [4.78, 5) is 13.4. The first-order valence-corrected chi connectivity index (χ1v) is 7.40. The molecule has 1 heterocycles. The van der Waals surface area contributed by atoms with Crippen LogP contribution < -0.4 is 0 Å². The lowest BCUT2D eigenvalue weighted by atomic mass is 9.78. The van der Waals surface area contributed by atoms with E-state index in [4.69, 9.17) is 4.74 Å². The van der Waals surface area contributed by atoms with Crippen LogP contribution in [-0.4, -0.2) is 12.6 Å². The van der Waals surface area contributed by atoms with Gasteiger partial charge in [0.05, 0.1) is 12.0 Å².